The monoisotopic (exact) mass is 314 g/mol. The maximum atomic E-state index is 13.1. The van der Waals surface area contributed by atoms with Gasteiger partial charge in [0.2, 0.25) is 5.82 Å². The summed E-state index contributed by atoms with van der Waals surface area (Å²) in [7, 11) is 0. The number of aromatic nitrogens is 2. The average Bonchev–Trinajstić information content (AvgIpc) is 2.77. The zero-order valence-corrected chi connectivity index (χ0v) is 12.2. The number of carbonyl (C=O) groups is 1. The van der Waals surface area contributed by atoms with Crippen molar-refractivity contribution in [3.8, 4) is 0 Å². The lowest BCUT2D eigenvalue weighted by Crippen LogP contribution is -2.40. The smallest absolute Gasteiger partial charge is 0.336 e. The van der Waals surface area contributed by atoms with Gasteiger partial charge in [0.25, 0.3) is 0 Å². The van der Waals surface area contributed by atoms with E-state index in [1.54, 1.807) is 32.0 Å². The molecule has 1 heterocycles. The Kier molecular flexibility index (Phi) is 4.58. The number of fused-ring (bicyclic) bond motifs is 1. The van der Waals surface area contributed by atoms with E-state index in [1.165, 1.54) is 6.07 Å². The Balaban J connectivity index is 2.17. The third-order valence-corrected chi connectivity index (χ3v) is 2.95. The molecule has 2 N–H and O–H groups in total. The maximum absolute atomic E-state index is 13.1. The van der Waals surface area contributed by atoms with E-state index in [2.05, 4.69) is 15.6 Å². The van der Waals surface area contributed by atoms with Gasteiger partial charge in [0.1, 0.15) is 0 Å². The van der Waals surface area contributed by atoms with Crippen LogP contribution in [0, 0.1) is 0 Å². The molecule has 0 aliphatic heterocycles. The van der Waals surface area contributed by atoms with Crippen LogP contribution in [0.1, 0.15) is 19.7 Å². The third kappa shape index (κ3) is 3.69. The van der Waals surface area contributed by atoms with Gasteiger partial charge in [-0.05, 0) is 26.0 Å². The molecule has 2 rings (SSSR count). The largest absolute Gasteiger partial charge is 0.449 e. The fraction of sp³-hybridized carbons (Fsp3) is 0.429. The molecule has 0 fully saturated rings. The van der Waals surface area contributed by atoms with Gasteiger partial charge in [0.05, 0.1) is 11.0 Å². The zero-order chi connectivity index (χ0) is 16.3. The van der Waals surface area contributed by atoms with Crippen molar-refractivity contribution in [2.45, 2.75) is 32.6 Å². The Morgan fingerprint density at radius 1 is 1.32 bits per heavy atom. The van der Waals surface area contributed by atoms with Crippen LogP contribution < -0.4 is 10.6 Å². The second kappa shape index (κ2) is 6.25. The highest BCUT2D eigenvalue weighted by molar-refractivity contribution is 5.76. The number of urea groups is 1. The van der Waals surface area contributed by atoms with Crippen LogP contribution in [0.2, 0.25) is 0 Å². The quantitative estimate of drug-likeness (QED) is 0.911. The van der Waals surface area contributed by atoms with E-state index < -0.39 is 18.0 Å². The lowest BCUT2D eigenvalue weighted by molar-refractivity contribution is -0.146. The Morgan fingerprint density at radius 2 is 2.00 bits per heavy atom. The normalized spacial score (nSPS) is 11.9. The summed E-state index contributed by atoms with van der Waals surface area (Å²) in [6.07, 6.45) is -4.54. The van der Waals surface area contributed by atoms with Gasteiger partial charge < -0.3 is 15.2 Å². The van der Waals surface area contributed by atoms with Gasteiger partial charge in [-0.1, -0.05) is 12.1 Å². The Bertz CT molecular complexity index is 664. The van der Waals surface area contributed by atoms with Crippen LogP contribution >= 0.6 is 0 Å². The highest BCUT2D eigenvalue weighted by Crippen LogP contribution is 2.31. The Labute approximate surface area is 125 Å². The van der Waals surface area contributed by atoms with Crippen molar-refractivity contribution in [1.82, 2.24) is 20.2 Å². The number of benzene rings is 1. The first kappa shape index (κ1) is 16.1. The highest BCUT2D eigenvalue weighted by Gasteiger charge is 2.37. The van der Waals surface area contributed by atoms with Gasteiger partial charge in [0.15, 0.2) is 0 Å². The minimum absolute atomic E-state index is 0.0130. The molecule has 2 aromatic rings. The molecule has 0 saturated carbocycles. The van der Waals surface area contributed by atoms with E-state index in [4.69, 9.17) is 0 Å². The topological polar surface area (TPSA) is 59.0 Å². The summed E-state index contributed by atoms with van der Waals surface area (Å²) in [4.78, 5) is 15.1. The van der Waals surface area contributed by atoms with E-state index in [9.17, 15) is 18.0 Å². The number of rotatable bonds is 4. The van der Waals surface area contributed by atoms with Gasteiger partial charge in [-0.15, -0.1) is 0 Å². The van der Waals surface area contributed by atoms with Crippen LogP contribution in [0.3, 0.4) is 0 Å². The van der Waals surface area contributed by atoms with Crippen LogP contribution in [0.5, 0.6) is 0 Å². The molecule has 8 heteroatoms. The van der Waals surface area contributed by atoms with E-state index >= 15 is 0 Å². The second-order valence-corrected chi connectivity index (χ2v) is 5.13. The zero-order valence-electron chi connectivity index (χ0n) is 12.2. The molecule has 0 saturated heterocycles. The molecule has 0 atom stereocenters. The summed E-state index contributed by atoms with van der Waals surface area (Å²) in [5.41, 5.74) is 0.669. The van der Waals surface area contributed by atoms with Crippen molar-refractivity contribution in [2.24, 2.45) is 0 Å². The van der Waals surface area contributed by atoms with Crippen molar-refractivity contribution in [3.05, 3.63) is 30.1 Å². The summed E-state index contributed by atoms with van der Waals surface area (Å²) < 4.78 is 40.3. The van der Waals surface area contributed by atoms with Crippen LogP contribution in [0.4, 0.5) is 18.0 Å². The van der Waals surface area contributed by atoms with Crippen molar-refractivity contribution in [1.29, 1.82) is 0 Å². The van der Waals surface area contributed by atoms with Crippen LogP contribution in [0.25, 0.3) is 11.0 Å². The number of halogens is 3. The van der Waals surface area contributed by atoms with Gasteiger partial charge in [0, 0.05) is 19.1 Å². The number of nitrogens with one attached hydrogen (secondary N) is 2. The van der Waals surface area contributed by atoms with Crippen molar-refractivity contribution >= 4 is 17.1 Å². The summed E-state index contributed by atoms with van der Waals surface area (Å²) in [6, 6.07) is 5.94. The maximum Gasteiger partial charge on any atom is 0.449 e. The molecule has 0 bridgehead atoms. The van der Waals surface area contributed by atoms with Gasteiger partial charge in [-0.2, -0.15) is 13.2 Å². The van der Waals surface area contributed by atoms with Crippen LogP contribution in [-0.4, -0.2) is 28.2 Å². The number of para-hydroxylation sites is 2. The summed E-state index contributed by atoms with van der Waals surface area (Å²) >= 11 is 0. The van der Waals surface area contributed by atoms with Crippen molar-refractivity contribution < 1.29 is 18.0 Å². The Hall–Kier alpha value is -2.25. The first-order valence-electron chi connectivity index (χ1n) is 6.86. The number of imidazole rings is 1. The van der Waals surface area contributed by atoms with E-state index in [-0.39, 0.29) is 24.6 Å². The lowest BCUT2D eigenvalue weighted by atomic mass is 10.3. The third-order valence-electron chi connectivity index (χ3n) is 2.95. The van der Waals surface area contributed by atoms with Crippen LogP contribution in [0.15, 0.2) is 24.3 Å². The van der Waals surface area contributed by atoms with E-state index in [0.717, 1.165) is 4.57 Å². The number of carbonyl (C=O) groups excluding carboxylic acids is 1. The van der Waals surface area contributed by atoms with Crippen LogP contribution in [-0.2, 0) is 12.7 Å². The minimum atomic E-state index is -4.54. The summed E-state index contributed by atoms with van der Waals surface area (Å²) in [6.45, 7) is 3.65. The summed E-state index contributed by atoms with van der Waals surface area (Å²) in [5.74, 6) is -0.959. The first-order valence-corrected chi connectivity index (χ1v) is 6.86. The SMILES string of the molecule is CC(C)NC(=O)NCCn1c(C(F)(F)F)nc2ccccc21. The van der Waals surface area contributed by atoms with Crippen molar-refractivity contribution in [2.75, 3.05) is 6.54 Å². The molecule has 0 radical (unpaired) electrons. The fourth-order valence-corrected chi connectivity index (χ4v) is 2.11. The predicted molar refractivity (Wildman–Crippen MR) is 76.4 cm³/mol. The molecule has 0 aliphatic rings. The molecule has 120 valence electrons. The standard InChI is InChI=1S/C14H17F3N4O/c1-9(2)19-13(22)18-7-8-21-11-6-4-3-5-10(11)20-12(21)14(15,16)17/h3-6,9H,7-8H2,1-2H3,(H2,18,19,22). The molecule has 0 unspecified atom stereocenters. The molecule has 2 amide bonds. The molecule has 0 aliphatic carbocycles. The number of hydrogen-bond acceptors (Lipinski definition) is 2. The Morgan fingerprint density at radius 3 is 2.64 bits per heavy atom. The van der Waals surface area contributed by atoms with Gasteiger partial charge >= 0.3 is 12.2 Å². The molecule has 0 spiro atoms. The molecule has 1 aromatic heterocycles. The molecule has 1 aromatic carbocycles. The fourth-order valence-electron chi connectivity index (χ4n) is 2.11. The molecule has 22 heavy (non-hydrogen) atoms. The second-order valence-electron chi connectivity index (χ2n) is 5.13. The predicted octanol–water partition coefficient (Wildman–Crippen LogP) is 2.76. The summed E-state index contributed by atoms with van der Waals surface area (Å²) in [5, 5.41) is 5.14. The molecule has 5 nitrogen and oxygen atoms in total. The molecular weight excluding hydrogens is 297 g/mol. The minimum Gasteiger partial charge on any atom is -0.336 e. The number of hydrogen-bond donors (Lipinski definition) is 2. The van der Waals surface area contributed by atoms with E-state index in [1.807, 2.05) is 0 Å². The van der Waals surface area contributed by atoms with Gasteiger partial charge in [-0.3, -0.25) is 0 Å². The highest BCUT2D eigenvalue weighted by atomic mass is 19.4. The van der Waals surface area contributed by atoms with Crippen molar-refractivity contribution in [3.63, 3.8) is 0 Å². The molecular formula is C14H17F3N4O. The number of nitrogens with zero attached hydrogens (tertiary/aromatic N) is 2. The average molecular weight is 314 g/mol. The lowest BCUT2D eigenvalue weighted by Gasteiger charge is -2.13. The number of alkyl halides is 3. The number of amides is 2. The first-order chi connectivity index (χ1) is 10.3. The van der Waals surface area contributed by atoms with Gasteiger partial charge in [-0.25, -0.2) is 9.78 Å². The van der Waals surface area contributed by atoms with E-state index in [0.29, 0.717) is 5.52 Å².